The maximum atomic E-state index is 12.7. The van der Waals surface area contributed by atoms with Gasteiger partial charge in [-0.3, -0.25) is 4.79 Å². The summed E-state index contributed by atoms with van der Waals surface area (Å²) in [6, 6.07) is 2.60. The fourth-order valence-corrected chi connectivity index (χ4v) is 0.688. The maximum absolute atomic E-state index is 12.7. The van der Waals surface area contributed by atoms with Crippen LogP contribution in [0.3, 0.4) is 0 Å². The van der Waals surface area contributed by atoms with Gasteiger partial charge in [-0.25, -0.2) is 9.37 Å². The molecule has 3 nitrogen and oxygen atoms in total. The van der Waals surface area contributed by atoms with E-state index < -0.39 is 11.6 Å². The highest BCUT2D eigenvalue weighted by Gasteiger charge is 2.09. The summed E-state index contributed by atoms with van der Waals surface area (Å²) in [7, 11) is 0. The van der Waals surface area contributed by atoms with Crippen LogP contribution in [0, 0.1) is 5.82 Å². The van der Waals surface area contributed by atoms with Gasteiger partial charge in [0.15, 0.2) is 11.6 Å². The zero-order valence-electron chi connectivity index (χ0n) is 5.75. The highest BCUT2D eigenvalue weighted by atomic mass is 19.1. The molecule has 0 atom stereocenters. The largest absolute Gasteiger partial charge is 0.324 e. The first-order chi connectivity index (χ1) is 5.25. The zero-order valence-corrected chi connectivity index (χ0v) is 5.75. The number of halogens is 1. The van der Waals surface area contributed by atoms with Crippen LogP contribution < -0.4 is 5.73 Å². The predicted octanol–water partition coefficient (Wildman–Crippen LogP) is 0.362. The van der Waals surface area contributed by atoms with Crippen molar-refractivity contribution in [2.45, 2.75) is 0 Å². The molecular formula is C7H7FN2O. The molecule has 0 aliphatic heterocycles. The van der Waals surface area contributed by atoms with E-state index in [-0.39, 0.29) is 12.2 Å². The normalized spacial score (nSPS) is 9.64. The lowest BCUT2D eigenvalue weighted by Crippen LogP contribution is -2.16. The van der Waals surface area contributed by atoms with Crippen molar-refractivity contribution in [1.29, 1.82) is 0 Å². The quantitative estimate of drug-likeness (QED) is 0.626. The number of pyridine rings is 1. The molecule has 0 bridgehead atoms. The van der Waals surface area contributed by atoms with Gasteiger partial charge in [0.05, 0.1) is 6.54 Å². The molecule has 0 saturated carbocycles. The second-order valence-corrected chi connectivity index (χ2v) is 1.96. The summed E-state index contributed by atoms with van der Waals surface area (Å²) in [5, 5.41) is 0. The van der Waals surface area contributed by atoms with Crippen LogP contribution in [0.15, 0.2) is 18.3 Å². The van der Waals surface area contributed by atoms with Crippen LogP contribution >= 0.6 is 0 Å². The predicted molar refractivity (Wildman–Crippen MR) is 37.6 cm³/mol. The monoisotopic (exact) mass is 154 g/mol. The Kier molecular flexibility index (Phi) is 2.28. The van der Waals surface area contributed by atoms with E-state index >= 15 is 0 Å². The summed E-state index contributed by atoms with van der Waals surface area (Å²) >= 11 is 0. The van der Waals surface area contributed by atoms with Gasteiger partial charge in [0, 0.05) is 6.20 Å². The van der Waals surface area contributed by atoms with Crippen molar-refractivity contribution in [3.63, 3.8) is 0 Å². The molecule has 0 spiro atoms. The number of nitrogens with two attached hydrogens (primary N) is 1. The van der Waals surface area contributed by atoms with Crippen LogP contribution in [0.4, 0.5) is 4.39 Å². The van der Waals surface area contributed by atoms with Gasteiger partial charge in [-0.2, -0.15) is 0 Å². The van der Waals surface area contributed by atoms with E-state index in [0.717, 1.165) is 0 Å². The molecule has 58 valence electrons. The Morgan fingerprint density at radius 1 is 1.73 bits per heavy atom. The van der Waals surface area contributed by atoms with Crippen LogP contribution in [0.1, 0.15) is 10.5 Å². The van der Waals surface area contributed by atoms with Crippen molar-refractivity contribution in [3.8, 4) is 0 Å². The van der Waals surface area contributed by atoms with Gasteiger partial charge in [-0.05, 0) is 12.1 Å². The minimum Gasteiger partial charge on any atom is -0.324 e. The number of carbonyl (C=O) groups excluding carboxylic acids is 1. The number of ketones is 1. The summed E-state index contributed by atoms with van der Waals surface area (Å²) in [6.07, 6.45) is 1.35. The molecule has 1 aromatic rings. The number of nitrogens with zero attached hydrogens (tertiary/aromatic N) is 1. The molecule has 2 N–H and O–H groups in total. The van der Waals surface area contributed by atoms with Crippen molar-refractivity contribution in [1.82, 2.24) is 4.98 Å². The van der Waals surface area contributed by atoms with Gasteiger partial charge in [0.1, 0.15) is 5.69 Å². The van der Waals surface area contributed by atoms with Crippen LogP contribution in [-0.4, -0.2) is 17.3 Å². The summed E-state index contributed by atoms with van der Waals surface area (Å²) < 4.78 is 12.7. The van der Waals surface area contributed by atoms with Gasteiger partial charge in [0.2, 0.25) is 0 Å². The molecule has 0 fully saturated rings. The third-order valence-electron chi connectivity index (χ3n) is 1.21. The SMILES string of the molecule is NCC(=O)c1ncccc1F. The molecule has 1 heterocycles. The number of rotatable bonds is 2. The zero-order chi connectivity index (χ0) is 8.27. The Hall–Kier alpha value is -1.29. The lowest BCUT2D eigenvalue weighted by Gasteiger charge is -1.96. The van der Waals surface area contributed by atoms with Crippen molar-refractivity contribution < 1.29 is 9.18 Å². The molecular weight excluding hydrogens is 147 g/mol. The Labute approximate surface area is 63.0 Å². The fourth-order valence-electron chi connectivity index (χ4n) is 0.688. The number of hydrogen-bond acceptors (Lipinski definition) is 3. The Morgan fingerprint density at radius 2 is 2.45 bits per heavy atom. The molecule has 0 saturated heterocycles. The summed E-state index contributed by atoms with van der Waals surface area (Å²) in [5.41, 5.74) is 4.83. The lowest BCUT2D eigenvalue weighted by molar-refractivity contribution is 0.0992. The standard InChI is InChI=1S/C7H7FN2O/c8-5-2-1-3-10-7(5)6(11)4-9/h1-3H,4,9H2. The summed E-state index contributed by atoms with van der Waals surface area (Å²) in [4.78, 5) is 14.4. The molecule has 1 aromatic heterocycles. The van der Waals surface area contributed by atoms with Gasteiger partial charge in [-0.1, -0.05) is 0 Å². The number of Topliss-reactive ketones (excluding diaryl/α,β-unsaturated/α-hetero) is 1. The molecule has 11 heavy (non-hydrogen) atoms. The van der Waals surface area contributed by atoms with E-state index in [0.29, 0.717) is 0 Å². The Bertz CT molecular complexity index is 275. The average molecular weight is 154 g/mol. The van der Waals surface area contributed by atoms with Gasteiger partial charge in [0.25, 0.3) is 0 Å². The first kappa shape index (κ1) is 7.81. The molecule has 1 rings (SSSR count). The van der Waals surface area contributed by atoms with E-state index in [1.54, 1.807) is 0 Å². The number of aromatic nitrogens is 1. The fraction of sp³-hybridized carbons (Fsp3) is 0.143. The third kappa shape index (κ3) is 1.59. The second-order valence-electron chi connectivity index (χ2n) is 1.96. The van der Waals surface area contributed by atoms with E-state index in [9.17, 15) is 9.18 Å². The smallest absolute Gasteiger partial charge is 0.197 e. The van der Waals surface area contributed by atoms with Crippen molar-refractivity contribution in [2.75, 3.05) is 6.54 Å². The van der Waals surface area contributed by atoms with Crippen LogP contribution in [0.25, 0.3) is 0 Å². The summed E-state index contributed by atoms with van der Waals surface area (Å²) in [5.74, 6) is -1.11. The minimum atomic E-state index is -0.622. The van der Waals surface area contributed by atoms with E-state index in [4.69, 9.17) is 5.73 Å². The second kappa shape index (κ2) is 3.21. The summed E-state index contributed by atoms with van der Waals surface area (Å²) in [6.45, 7) is -0.214. The van der Waals surface area contributed by atoms with Crippen molar-refractivity contribution in [2.24, 2.45) is 5.73 Å². The molecule has 0 aliphatic rings. The van der Waals surface area contributed by atoms with Gasteiger partial charge >= 0.3 is 0 Å². The van der Waals surface area contributed by atoms with Gasteiger partial charge in [-0.15, -0.1) is 0 Å². The van der Waals surface area contributed by atoms with Crippen molar-refractivity contribution >= 4 is 5.78 Å². The van der Waals surface area contributed by atoms with Crippen LogP contribution in [-0.2, 0) is 0 Å². The lowest BCUT2D eigenvalue weighted by atomic mass is 10.2. The average Bonchev–Trinajstić information content (AvgIpc) is 2.04. The Morgan fingerprint density at radius 3 is 3.00 bits per heavy atom. The first-order valence-corrected chi connectivity index (χ1v) is 3.09. The first-order valence-electron chi connectivity index (χ1n) is 3.09. The van der Waals surface area contributed by atoms with Crippen LogP contribution in [0.2, 0.25) is 0 Å². The third-order valence-corrected chi connectivity index (χ3v) is 1.21. The maximum Gasteiger partial charge on any atom is 0.197 e. The minimum absolute atomic E-state index is 0.185. The number of carbonyl (C=O) groups is 1. The molecule has 0 aliphatic carbocycles. The topological polar surface area (TPSA) is 56.0 Å². The van der Waals surface area contributed by atoms with Gasteiger partial charge < -0.3 is 5.73 Å². The number of hydrogen-bond donors (Lipinski definition) is 1. The molecule has 4 heteroatoms. The Balaban J connectivity index is 3.03. The highest BCUT2D eigenvalue weighted by Crippen LogP contribution is 2.01. The van der Waals surface area contributed by atoms with E-state index in [1.165, 1.54) is 18.3 Å². The molecule has 0 amide bonds. The van der Waals surface area contributed by atoms with Crippen LogP contribution in [0.5, 0.6) is 0 Å². The van der Waals surface area contributed by atoms with E-state index in [2.05, 4.69) is 4.98 Å². The highest BCUT2D eigenvalue weighted by molar-refractivity contribution is 5.95. The molecule has 0 unspecified atom stereocenters. The molecule has 0 aromatic carbocycles. The van der Waals surface area contributed by atoms with E-state index in [1.807, 2.05) is 0 Å². The van der Waals surface area contributed by atoms with Crippen molar-refractivity contribution in [3.05, 3.63) is 29.8 Å². The molecule has 0 radical (unpaired) electrons.